The molecule has 2 aromatic heterocycles. The minimum Gasteiger partial charge on any atom is -0.361 e. The Kier molecular flexibility index (Phi) is 4.54. The maximum Gasteiger partial charge on any atom is 0.449 e. The van der Waals surface area contributed by atoms with Crippen molar-refractivity contribution in [3.63, 3.8) is 0 Å². The van der Waals surface area contributed by atoms with Crippen LogP contribution in [-0.4, -0.2) is 26.6 Å². The van der Waals surface area contributed by atoms with Gasteiger partial charge < -0.3 is 9.51 Å². The van der Waals surface area contributed by atoms with E-state index in [-0.39, 0.29) is 24.2 Å². The van der Waals surface area contributed by atoms with Gasteiger partial charge in [-0.2, -0.15) is 13.2 Å². The number of halogens is 3. The van der Waals surface area contributed by atoms with Crippen molar-refractivity contribution < 1.29 is 17.7 Å². The highest BCUT2D eigenvalue weighted by Crippen LogP contribution is 2.29. The van der Waals surface area contributed by atoms with Crippen LogP contribution in [0.5, 0.6) is 0 Å². The molecule has 0 unspecified atom stereocenters. The number of nitrogens with zero attached hydrogens (tertiary/aromatic N) is 3. The minimum atomic E-state index is -4.67. The van der Waals surface area contributed by atoms with Crippen molar-refractivity contribution in [3.05, 3.63) is 69.1 Å². The van der Waals surface area contributed by atoms with Gasteiger partial charge in [0.15, 0.2) is 0 Å². The number of fused-ring (bicyclic) bond motifs is 1. The number of hydrogen-bond donors (Lipinski definition) is 1. The molecule has 0 amide bonds. The summed E-state index contributed by atoms with van der Waals surface area (Å²) in [6.07, 6.45) is -4.40. The Morgan fingerprint density at radius 2 is 2.00 bits per heavy atom. The summed E-state index contributed by atoms with van der Waals surface area (Å²) in [5.74, 6) is -0.574. The summed E-state index contributed by atoms with van der Waals surface area (Å²) in [5.41, 5.74) is 2.27. The number of hydrogen-bond acceptors (Lipinski definition) is 5. The first-order valence-electron chi connectivity index (χ1n) is 8.75. The molecule has 9 heteroatoms. The molecule has 0 radical (unpaired) electrons. The molecular formula is C19H17F3N4O2. The Balaban J connectivity index is 1.60. The number of benzene rings is 1. The van der Waals surface area contributed by atoms with Gasteiger partial charge in [0.05, 0.1) is 11.3 Å². The van der Waals surface area contributed by atoms with E-state index in [1.165, 1.54) is 0 Å². The molecule has 4 rings (SSSR count). The van der Waals surface area contributed by atoms with Crippen molar-refractivity contribution in [2.45, 2.75) is 32.6 Å². The van der Waals surface area contributed by atoms with Crippen molar-refractivity contribution >= 4 is 0 Å². The molecule has 0 atom stereocenters. The van der Waals surface area contributed by atoms with Crippen LogP contribution in [0.3, 0.4) is 0 Å². The molecule has 1 aliphatic heterocycles. The maximum atomic E-state index is 12.9. The van der Waals surface area contributed by atoms with E-state index in [2.05, 4.69) is 10.1 Å². The summed E-state index contributed by atoms with van der Waals surface area (Å²) < 4.78 is 43.9. The van der Waals surface area contributed by atoms with Crippen LogP contribution in [0.15, 0.2) is 39.6 Å². The fourth-order valence-electron chi connectivity index (χ4n) is 3.37. The van der Waals surface area contributed by atoms with Crippen molar-refractivity contribution in [2.75, 3.05) is 6.54 Å². The number of aryl methyl sites for hydroxylation is 1. The van der Waals surface area contributed by atoms with Crippen LogP contribution in [-0.2, 0) is 25.7 Å². The Bertz CT molecular complexity index is 1060. The molecular weight excluding hydrogens is 373 g/mol. The van der Waals surface area contributed by atoms with E-state index >= 15 is 0 Å². The summed E-state index contributed by atoms with van der Waals surface area (Å²) in [6.45, 7) is 2.99. The monoisotopic (exact) mass is 390 g/mol. The Morgan fingerprint density at radius 3 is 2.71 bits per heavy atom. The first-order chi connectivity index (χ1) is 13.3. The van der Waals surface area contributed by atoms with Crippen LogP contribution in [0.2, 0.25) is 0 Å². The first-order valence-corrected chi connectivity index (χ1v) is 8.75. The molecule has 1 aromatic carbocycles. The molecule has 0 aliphatic carbocycles. The van der Waals surface area contributed by atoms with Gasteiger partial charge in [-0.3, -0.25) is 9.69 Å². The molecule has 6 nitrogen and oxygen atoms in total. The molecule has 28 heavy (non-hydrogen) atoms. The lowest BCUT2D eigenvalue weighted by Crippen LogP contribution is -2.36. The molecule has 1 N–H and O–H groups in total. The van der Waals surface area contributed by atoms with Gasteiger partial charge in [0, 0.05) is 37.2 Å². The second kappa shape index (κ2) is 6.90. The van der Waals surface area contributed by atoms with Gasteiger partial charge in [0.2, 0.25) is 5.82 Å². The average molecular weight is 390 g/mol. The number of aromatic amines is 1. The lowest BCUT2D eigenvalue weighted by Gasteiger charge is -2.27. The summed E-state index contributed by atoms with van der Waals surface area (Å²) in [5, 5.41) is 4.15. The van der Waals surface area contributed by atoms with E-state index < -0.39 is 17.6 Å². The second-order valence-electron chi connectivity index (χ2n) is 6.73. The largest absolute Gasteiger partial charge is 0.449 e. The number of aromatic nitrogens is 3. The Hall–Kier alpha value is -2.94. The van der Waals surface area contributed by atoms with Crippen LogP contribution in [0.25, 0.3) is 11.3 Å². The third kappa shape index (κ3) is 3.45. The summed E-state index contributed by atoms with van der Waals surface area (Å²) in [4.78, 5) is 19.6. The highest BCUT2D eigenvalue weighted by molar-refractivity contribution is 5.63. The molecule has 146 valence electrons. The normalized spacial score (nSPS) is 14.9. The summed E-state index contributed by atoms with van der Waals surface area (Å²) in [6, 6.07) is 9.58. The predicted octanol–water partition coefficient (Wildman–Crippen LogP) is 3.31. The molecule has 0 spiro atoms. The molecule has 0 fully saturated rings. The summed E-state index contributed by atoms with van der Waals surface area (Å²) in [7, 11) is 0. The standard InChI is InChI=1S/C19H17F3N4O2/c1-11-13(16(25-28-11)12-5-3-2-4-6-12)9-26-8-7-15-14(10-26)17(27)24-18(23-15)19(20,21)22/h2-6H,7-10H2,1H3,(H,23,24,27). The molecule has 0 saturated heterocycles. The van der Waals surface area contributed by atoms with Gasteiger partial charge in [0.25, 0.3) is 5.56 Å². The lowest BCUT2D eigenvalue weighted by molar-refractivity contribution is -0.145. The predicted molar refractivity (Wildman–Crippen MR) is 94.4 cm³/mol. The van der Waals surface area contributed by atoms with Crippen LogP contribution in [0.1, 0.15) is 28.4 Å². The molecule has 0 bridgehead atoms. The Labute approximate surface area is 158 Å². The molecule has 1 aliphatic rings. The zero-order chi connectivity index (χ0) is 19.9. The topological polar surface area (TPSA) is 75.0 Å². The van der Waals surface area contributed by atoms with Crippen molar-refractivity contribution in [2.24, 2.45) is 0 Å². The number of H-pyrrole nitrogens is 1. The van der Waals surface area contributed by atoms with Crippen molar-refractivity contribution in [1.82, 2.24) is 20.0 Å². The zero-order valence-electron chi connectivity index (χ0n) is 15.0. The van der Waals surface area contributed by atoms with Crippen LogP contribution in [0.4, 0.5) is 13.2 Å². The van der Waals surface area contributed by atoms with Crippen molar-refractivity contribution in [1.29, 1.82) is 0 Å². The Morgan fingerprint density at radius 1 is 1.25 bits per heavy atom. The third-order valence-electron chi connectivity index (χ3n) is 4.83. The average Bonchev–Trinajstić information content (AvgIpc) is 3.02. The highest BCUT2D eigenvalue weighted by Gasteiger charge is 2.36. The first kappa shape index (κ1) is 18.4. The van der Waals surface area contributed by atoms with E-state index in [4.69, 9.17) is 4.52 Å². The van der Waals surface area contributed by atoms with E-state index in [9.17, 15) is 18.0 Å². The van der Waals surface area contributed by atoms with E-state index in [1.54, 1.807) is 0 Å². The van der Waals surface area contributed by atoms with Crippen LogP contribution < -0.4 is 5.56 Å². The highest BCUT2D eigenvalue weighted by atomic mass is 19.4. The van der Waals surface area contributed by atoms with Crippen molar-refractivity contribution in [3.8, 4) is 11.3 Å². The fourth-order valence-corrected chi connectivity index (χ4v) is 3.37. The second-order valence-corrected chi connectivity index (χ2v) is 6.73. The summed E-state index contributed by atoms with van der Waals surface area (Å²) >= 11 is 0. The van der Waals surface area contributed by atoms with Crippen LogP contribution in [0, 0.1) is 6.92 Å². The smallest absolute Gasteiger partial charge is 0.361 e. The quantitative estimate of drug-likeness (QED) is 0.743. The van der Waals surface area contributed by atoms with Gasteiger partial charge in [-0.15, -0.1) is 0 Å². The van der Waals surface area contributed by atoms with Gasteiger partial charge in [-0.05, 0) is 6.92 Å². The lowest BCUT2D eigenvalue weighted by atomic mass is 10.0. The van der Waals surface area contributed by atoms with E-state index in [0.717, 1.165) is 16.8 Å². The SMILES string of the molecule is Cc1onc(-c2ccccc2)c1CN1CCc2nc(C(F)(F)F)[nH]c(=O)c2C1. The maximum absolute atomic E-state index is 12.9. The molecule has 3 aromatic rings. The van der Waals surface area contributed by atoms with E-state index in [0.29, 0.717) is 18.8 Å². The van der Waals surface area contributed by atoms with Gasteiger partial charge >= 0.3 is 6.18 Å². The number of rotatable bonds is 3. The van der Waals surface area contributed by atoms with Gasteiger partial charge in [-0.1, -0.05) is 35.5 Å². The third-order valence-corrected chi connectivity index (χ3v) is 4.83. The van der Waals surface area contributed by atoms with Gasteiger partial charge in [-0.25, -0.2) is 4.98 Å². The molecule has 3 heterocycles. The van der Waals surface area contributed by atoms with Crippen LogP contribution >= 0.6 is 0 Å². The minimum absolute atomic E-state index is 0.206. The fraction of sp³-hybridized carbons (Fsp3) is 0.316. The zero-order valence-corrected chi connectivity index (χ0v) is 15.0. The molecule has 0 saturated carbocycles. The number of alkyl halides is 3. The van der Waals surface area contributed by atoms with Gasteiger partial charge in [0.1, 0.15) is 11.5 Å². The van der Waals surface area contributed by atoms with E-state index in [1.807, 2.05) is 47.1 Å². The number of nitrogens with one attached hydrogen (secondary N) is 1.